The Bertz CT molecular complexity index is 462. The average Bonchev–Trinajstić information content (AvgIpc) is 2.56. The summed E-state index contributed by atoms with van der Waals surface area (Å²) in [5, 5.41) is 0.0420. The van der Waals surface area contributed by atoms with Gasteiger partial charge >= 0.3 is 0 Å². The SMILES string of the molecule is Cc1nc(S(=O)(=O)N(C)CCC(C)Cl)cn1C. The first-order valence-corrected chi connectivity index (χ1v) is 7.23. The first-order valence-electron chi connectivity index (χ1n) is 5.35. The van der Waals surface area contributed by atoms with Gasteiger partial charge in [-0.1, -0.05) is 0 Å². The predicted octanol–water partition coefficient (Wildman–Crippen LogP) is 1.37. The highest BCUT2D eigenvalue weighted by Crippen LogP contribution is 2.14. The summed E-state index contributed by atoms with van der Waals surface area (Å²) in [4.78, 5) is 4.03. The molecule has 0 N–H and O–H groups in total. The van der Waals surface area contributed by atoms with Gasteiger partial charge in [-0.2, -0.15) is 4.31 Å². The summed E-state index contributed by atoms with van der Waals surface area (Å²) < 4.78 is 27.2. The van der Waals surface area contributed by atoms with Gasteiger partial charge in [0.1, 0.15) is 5.82 Å². The number of hydrogen-bond acceptors (Lipinski definition) is 3. The Kier molecular flexibility index (Phi) is 4.57. The zero-order valence-electron chi connectivity index (χ0n) is 10.5. The number of sulfonamides is 1. The summed E-state index contributed by atoms with van der Waals surface area (Å²) in [5.41, 5.74) is 0. The number of halogens is 1. The average molecular weight is 280 g/mol. The minimum atomic E-state index is -3.49. The Hall–Kier alpha value is -0.590. The van der Waals surface area contributed by atoms with Crippen molar-refractivity contribution in [2.75, 3.05) is 13.6 Å². The molecule has 0 aliphatic rings. The highest BCUT2D eigenvalue weighted by molar-refractivity contribution is 7.89. The lowest BCUT2D eigenvalue weighted by Crippen LogP contribution is -2.29. The minimum Gasteiger partial charge on any atom is -0.337 e. The fraction of sp³-hybridized carbons (Fsp3) is 0.700. The Balaban J connectivity index is 2.87. The van der Waals surface area contributed by atoms with Crippen LogP contribution in [0, 0.1) is 6.92 Å². The molecule has 0 aliphatic carbocycles. The summed E-state index contributed by atoms with van der Waals surface area (Å²) in [7, 11) is -0.187. The van der Waals surface area contributed by atoms with Crippen LogP contribution >= 0.6 is 11.6 Å². The molecule has 0 amide bonds. The molecule has 0 bridgehead atoms. The number of rotatable bonds is 5. The van der Waals surface area contributed by atoms with E-state index in [0.29, 0.717) is 18.8 Å². The quantitative estimate of drug-likeness (QED) is 0.765. The van der Waals surface area contributed by atoms with Gasteiger partial charge < -0.3 is 4.57 Å². The van der Waals surface area contributed by atoms with Crippen LogP contribution in [0.25, 0.3) is 0 Å². The van der Waals surface area contributed by atoms with Crippen LogP contribution in [-0.4, -0.2) is 41.2 Å². The molecule has 0 fully saturated rings. The number of imidazole rings is 1. The van der Waals surface area contributed by atoms with E-state index in [1.807, 2.05) is 6.92 Å². The molecule has 0 radical (unpaired) electrons. The second-order valence-corrected chi connectivity index (χ2v) is 6.87. The van der Waals surface area contributed by atoms with Crippen LogP contribution in [0.3, 0.4) is 0 Å². The Labute approximate surface area is 107 Å². The van der Waals surface area contributed by atoms with Crippen LogP contribution < -0.4 is 0 Å². The first kappa shape index (κ1) is 14.5. The molecule has 0 saturated heterocycles. The van der Waals surface area contributed by atoms with Crippen molar-refractivity contribution in [1.82, 2.24) is 13.9 Å². The molecule has 0 aromatic carbocycles. The molecule has 1 unspecified atom stereocenters. The van der Waals surface area contributed by atoms with E-state index in [4.69, 9.17) is 11.6 Å². The van der Waals surface area contributed by atoms with E-state index in [0.717, 1.165) is 0 Å². The lowest BCUT2D eigenvalue weighted by atomic mass is 10.3. The van der Waals surface area contributed by atoms with Crippen LogP contribution in [-0.2, 0) is 17.1 Å². The van der Waals surface area contributed by atoms with Crippen molar-refractivity contribution in [2.45, 2.75) is 30.7 Å². The summed E-state index contributed by atoms with van der Waals surface area (Å²) in [6.07, 6.45) is 2.13. The van der Waals surface area contributed by atoms with Gasteiger partial charge in [-0.3, -0.25) is 0 Å². The Morgan fingerprint density at radius 2 is 2.18 bits per heavy atom. The minimum absolute atomic E-state index is 0.0434. The smallest absolute Gasteiger partial charge is 0.261 e. The standard InChI is InChI=1S/C10H18ClN3O2S/c1-8(11)5-6-14(4)17(15,16)10-7-13(3)9(2)12-10/h7-8H,5-6H2,1-4H3. The second kappa shape index (κ2) is 5.37. The fourth-order valence-corrected chi connectivity index (χ4v) is 2.59. The van der Waals surface area contributed by atoms with Crippen LogP contribution in [0.5, 0.6) is 0 Å². The zero-order valence-corrected chi connectivity index (χ0v) is 12.1. The van der Waals surface area contributed by atoms with Crippen LogP contribution in [0.15, 0.2) is 11.2 Å². The van der Waals surface area contributed by atoms with E-state index in [2.05, 4.69) is 4.98 Å². The van der Waals surface area contributed by atoms with Crippen molar-refractivity contribution in [3.8, 4) is 0 Å². The maximum atomic E-state index is 12.1. The molecule has 1 heterocycles. The van der Waals surface area contributed by atoms with E-state index < -0.39 is 10.0 Å². The van der Waals surface area contributed by atoms with Crippen LogP contribution in [0.1, 0.15) is 19.2 Å². The zero-order chi connectivity index (χ0) is 13.2. The van der Waals surface area contributed by atoms with Gasteiger partial charge in [-0.25, -0.2) is 13.4 Å². The summed E-state index contributed by atoms with van der Waals surface area (Å²) in [6.45, 7) is 4.00. The van der Waals surface area contributed by atoms with Crippen molar-refractivity contribution in [2.24, 2.45) is 7.05 Å². The van der Waals surface area contributed by atoms with Gasteiger partial charge in [-0.05, 0) is 20.3 Å². The van der Waals surface area contributed by atoms with Gasteiger partial charge in [0.05, 0.1) is 0 Å². The van der Waals surface area contributed by atoms with Crippen LogP contribution in [0.2, 0.25) is 0 Å². The normalized spacial score (nSPS) is 14.2. The van der Waals surface area contributed by atoms with Crippen molar-refractivity contribution in [1.29, 1.82) is 0 Å². The molecule has 7 heteroatoms. The first-order chi connectivity index (χ1) is 7.75. The molecule has 0 saturated carbocycles. The lowest BCUT2D eigenvalue weighted by molar-refractivity contribution is 0.458. The van der Waals surface area contributed by atoms with E-state index in [-0.39, 0.29) is 10.4 Å². The van der Waals surface area contributed by atoms with Gasteiger partial charge in [0, 0.05) is 32.2 Å². The highest BCUT2D eigenvalue weighted by Gasteiger charge is 2.24. The van der Waals surface area contributed by atoms with Crippen LogP contribution in [0.4, 0.5) is 0 Å². The molecule has 1 rings (SSSR count). The molecular formula is C10H18ClN3O2S. The molecule has 1 aromatic heterocycles. The van der Waals surface area contributed by atoms with Crippen molar-refractivity contribution in [3.05, 3.63) is 12.0 Å². The van der Waals surface area contributed by atoms with E-state index in [9.17, 15) is 8.42 Å². The number of aryl methyl sites for hydroxylation is 2. The van der Waals surface area contributed by atoms with Crippen molar-refractivity contribution < 1.29 is 8.42 Å². The van der Waals surface area contributed by atoms with E-state index >= 15 is 0 Å². The topological polar surface area (TPSA) is 55.2 Å². The third-order valence-corrected chi connectivity index (χ3v) is 4.55. The summed E-state index contributed by atoms with van der Waals surface area (Å²) in [5.74, 6) is 0.669. The number of nitrogens with zero attached hydrogens (tertiary/aromatic N) is 3. The van der Waals surface area contributed by atoms with E-state index in [1.165, 1.54) is 10.5 Å². The highest BCUT2D eigenvalue weighted by atomic mass is 35.5. The number of aromatic nitrogens is 2. The number of alkyl halides is 1. The van der Waals surface area contributed by atoms with Gasteiger partial charge in [0.15, 0.2) is 5.03 Å². The Morgan fingerprint density at radius 1 is 1.59 bits per heavy atom. The summed E-state index contributed by atoms with van der Waals surface area (Å²) in [6, 6.07) is 0. The predicted molar refractivity (Wildman–Crippen MR) is 67.7 cm³/mol. The van der Waals surface area contributed by atoms with Gasteiger partial charge in [0.2, 0.25) is 0 Å². The van der Waals surface area contributed by atoms with Gasteiger partial charge in [-0.15, -0.1) is 11.6 Å². The largest absolute Gasteiger partial charge is 0.337 e. The third-order valence-electron chi connectivity index (χ3n) is 2.60. The number of hydrogen-bond donors (Lipinski definition) is 0. The van der Waals surface area contributed by atoms with Crippen molar-refractivity contribution in [3.63, 3.8) is 0 Å². The monoisotopic (exact) mass is 279 g/mol. The maximum absolute atomic E-state index is 12.1. The molecule has 0 spiro atoms. The van der Waals surface area contributed by atoms with E-state index in [1.54, 1.807) is 25.6 Å². The summed E-state index contributed by atoms with van der Waals surface area (Å²) >= 11 is 5.81. The molecule has 1 aromatic rings. The fourth-order valence-electron chi connectivity index (χ4n) is 1.29. The third kappa shape index (κ3) is 3.43. The second-order valence-electron chi connectivity index (χ2n) is 4.13. The molecule has 0 aliphatic heterocycles. The molecular weight excluding hydrogens is 262 g/mol. The molecule has 5 nitrogen and oxygen atoms in total. The molecule has 1 atom stereocenters. The molecule has 17 heavy (non-hydrogen) atoms. The maximum Gasteiger partial charge on any atom is 0.261 e. The van der Waals surface area contributed by atoms with Crippen molar-refractivity contribution >= 4 is 21.6 Å². The lowest BCUT2D eigenvalue weighted by Gasteiger charge is -2.15. The molecule has 98 valence electrons. The van der Waals surface area contributed by atoms with Gasteiger partial charge in [0.25, 0.3) is 10.0 Å². The Morgan fingerprint density at radius 3 is 2.59 bits per heavy atom.